The molecule has 2 aliphatic rings. The van der Waals surface area contributed by atoms with E-state index in [9.17, 15) is 0 Å². The molecule has 1 aliphatic heterocycles. The number of thioether (sulfide) groups is 1. The molecule has 0 fully saturated rings. The van der Waals surface area contributed by atoms with Crippen LogP contribution in [0.4, 0.5) is 0 Å². The molecule has 16 heavy (non-hydrogen) atoms. The Morgan fingerprint density at radius 2 is 1.81 bits per heavy atom. The third-order valence-corrected chi connectivity index (χ3v) is 4.27. The maximum Gasteiger partial charge on any atom is 0.0232 e. The quantitative estimate of drug-likeness (QED) is 0.660. The fraction of sp³-hybridized carbons (Fsp3) is 0.0667. The second kappa shape index (κ2) is 3.02. The highest BCUT2D eigenvalue weighted by Crippen LogP contribution is 2.21. The van der Waals surface area contributed by atoms with Gasteiger partial charge < -0.3 is 0 Å². The smallest absolute Gasteiger partial charge is 0.0232 e. The van der Waals surface area contributed by atoms with Crippen LogP contribution in [0, 0.1) is 0 Å². The summed E-state index contributed by atoms with van der Waals surface area (Å²) in [5.74, 6) is 1.13. The number of fused-ring (bicyclic) bond motifs is 5. The molecule has 0 bridgehead atoms. The highest BCUT2D eigenvalue weighted by atomic mass is 32.2. The van der Waals surface area contributed by atoms with Crippen molar-refractivity contribution in [3.63, 3.8) is 0 Å². The molecule has 0 aromatic heterocycles. The molecule has 0 spiro atoms. The van der Waals surface area contributed by atoms with E-state index < -0.39 is 0 Å². The normalized spacial score (nSPS) is 15.8. The van der Waals surface area contributed by atoms with Gasteiger partial charge in [-0.05, 0) is 37.7 Å². The molecule has 0 radical (unpaired) electrons. The van der Waals surface area contributed by atoms with E-state index in [-0.39, 0.29) is 0 Å². The van der Waals surface area contributed by atoms with E-state index in [2.05, 4.69) is 47.9 Å². The molecule has 1 heteroatoms. The van der Waals surface area contributed by atoms with Gasteiger partial charge in [0.05, 0.1) is 0 Å². The summed E-state index contributed by atoms with van der Waals surface area (Å²) in [6, 6.07) is 9.05. The van der Waals surface area contributed by atoms with Crippen LogP contribution < -0.4 is 10.4 Å². The molecule has 76 valence electrons. The molecule has 0 N–H and O–H groups in total. The largest absolute Gasteiger partial charge is 0.129 e. The molecular weight excluding hydrogens is 212 g/mol. The zero-order valence-electron chi connectivity index (χ0n) is 8.73. The predicted octanol–water partition coefficient (Wildman–Crippen LogP) is 2.63. The third-order valence-electron chi connectivity index (χ3n) is 3.39. The van der Waals surface area contributed by atoms with E-state index in [1.54, 1.807) is 0 Å². The molecule has 0 unspecified atom stereocenters. The first kappa shape index (κ1) is 8.66. The summed E-state index contributed by atoms with van der Waals surface area (Å²) in [6.45, 7) is 0. The first-order valence-electron chi connectivity index (χ1n) is 5.48. The summed E-state index contributed by atoms with van der Waals surface area (Å²) < 4.78 is 0. The lowest BCUT2D eigenvalue weighted by molar-refractivity contribution is 1.42. The summed E-state index contributed by atoms with van der Waals surface area (Å²) in [7, 11) is 0. The van der Waals surface area contributed by atoms with Gasteiger partial charge in [-0.2, -0.15) is 0 Å². The second-order valence-corrected chi connectivity index (χ2v) is 5.11. The van der Waals surface area contributed by atoms with E-state index in [1.165, 1.54) is 32.3 Å². The Labute approximate surface area is 98.0 Å². The van der Waals surface area contributed by atoms with Crippen LogP contribution >= 0.6 is 11.8 Å². The molecule has 0 amide bonds. The molecule has 2 aromatic rings. The fourth-order valence-electron chi connectivity index (χ4n) is 2.57. The highest BCUT2D eigenvalue weighted by molar-refractivity contribution is 8.06. The Bertz CT molecular complexity index is 746. The zero-order valence-corrected chi connectivity index (χ0v) is 9.55. The van der Waals surface area contributed by atoms with Gasteiger partial charge in [0.2, 0.25) is 0 Å². The lowest BCUT2D eigenvalue weighted by Crippen LogP contribution is -2.11. The number of hydrogen-bond donors (Lipinski definition) is 0. The van der Waals surface area contributed by atoms with Crippen molar-refractivity contribution in [3.8, 4) is 0 Å². The first-order chi connectivity index (χ1) is 7.93. The minimum Gasteiger partial charge on any atom is -0.129 e. The van der Waals surface area contributed by atoms with Crippen LogP contribution in [0.5, 0.6) is 0 Å². The zero-order chi connectivity index (χ0) is 10.5. The maximum absolute atomic E-state index is 2.30. The first-order valence-corrected chi connectivity index (χ1v) is 6.53. The van der Waals surface area contributed by atoms with Crippen LogP contribution in [0.3, 0.4) is 0 Å². The molecule has 1 heterocycles. The van der Waals surface area contributed by atoms with Crippen LogP contribution in [0.2, 0.25) is 0 Å². The van der Waals surface area contributed by atoms with Gasteiger partial charge in [-0.15, -0.1) is 11.8 Å². The van der Waals surface area contributed by atoms with Crippen molar-refractivity contribution in [2.45, 2.75) is 5.75 Å². The second-order valence-electron chi connectivity index (χ2n) is 4.26. The molecule has 0 saturated heterocycles. The van der Waals surface area contributed by atoms with Crippen molar-refractivity contribution in [1.82, 2.24) is 0 Å². The molecular formula is C15H10S. The van der Waals surface area contributed by atoms with Gasteiger partial charge in [0.25, 0.3) is 0 Å². The summed E-state index contributed by atoms with van der Waals surface area (Å²) >= 11 is 1.90. The average molecular weight is 222 g/mol. The molecule has 4 rings (SSSR count). The lowest BCUT2D eigenvalue weighted by Gasteiger charge is -2.03. The van der Waals surface area contributed by atoms with Crippen LogP contribution in [0.15, 0.2) is 30.3 Å². The van der Waals surface area contributed by atoms with Gasteiger partial charge in [0.1, 0.15) is 0 Å². The average Bonchev–Trinajstić information content (AvgIpc) is 2.96. The molecule has 2 aromatic carbocycles. The molecule has 0 saturated carbocycles. The van der Waals surface area contributed by atoms with Crippen molar-refractivity contribution in [2.24, 2.45) is 0 Å². The van der Waals surface area contributed by atoms with Crippen LogP contribution in [0.1, 0.15) is 11.1 Å². The number of allylic oxidation sites excluding steroid dienone is 1. The van der Waals surface area contributed by atoms with Crippen molar-refractivity contribution >= 4 is 40.1 Å². The maximum atomic E-state index is 2.30. The topological polar surface area (TPSA) is 0 Å². The Morgan fingerprint density at radius 1 is 0.938 bits per heavy atom. The van der Waals surface area contributed by atoms with E-state index in [1.807, 2.05) is 11.8 Å². The van der Waals surface area contributed by atoms with Gasteiger partial charge in [-0.3, -0.25) is 0 Å². The fourth-order valence-corrected chi connectivity index (χ4v) is 3.53. The monoisotopic (exact) mass is 222 g/mol. The van der Waals surface area contributed by atoms with E-state index >= 15 is 0 Å². The van der Waals surface area contributed by atoms with Gasteiger partial charge >= 0.3 is 0 Å². The Kier molecular flexibility index (Phi) is 1.63. The molecule has 0 nitrogen and oxygen atoms in total. The molecule has 0 atom stereocenters. The number of rotatable bonds is 0. The molecule has 1 aliphatic carbocycles. The number of hydrogen-bond acceptors (Lipinski definition) is 1. The van der Waals surface area contributed by atoms with Crippen LogP contribution in [-0.2, 0) is 5.75 Å². The highest BCUT2D eigenvalue weighted by Gasteiger charge is 2.09. The Morgan fingerprint density at radius 3 is 2.81 bits per heavy atom. The number of benzene rings is 2. The minimum absolute atomic E-state index is 1.13. The SMILES string of the molecule is C1=Cc2ccc3c4c(ccc3c2=C1)CSC=4. The van der Waals surface area contributed by atoms with Crippen LogP contribution in [-0.4, -0.2) is 0 Å². The third kappa shape index (κ3) is 1.01. The van der Waals surface area contributed by atoms with E-state index in [0.717, 1.165) is 5.75 Å². The van der Waals surface area contributed by atoms with Gasteiger partial charge in [0, 0.05) is 5.75 Å². The Hall–Kier alpha value is -1.47. The Balaban J connectivity index is 2.30. The summed E-state index contributed by atoms with van der Waals surface area (Å²) in [6.07, 6.45) is 6.53. The summed E-state index contributed by atoms with van der Waals surface area (Å²) in [4.78, 5) is 0. The predicted molar refractivity (Wildman–Crippen MR) is 72.5 cm³/mol. The van der Waals surface area contributed by atoms with Crippen molar-refractivity contribution in [1.29, 1.82) is 0 Å². The van der Waals surface area contributed by atoms with Crippen molar-refractivity contribution < 1.29 is 0 Å². The van der Waals surface area contributed by atoms with Crippen LogP contribution in [0.25, 0.3) is 28.3 Å². The van der Waals surface area contributed by atoms with Gasteiger partial charge in [-0.1, -0.05) is 42.5 Å². The van der Waals surface area contributed by atoms with Crippen molar-refractivity contribution in [3.05, 3.63) is 51.9 Å². The minimum atomic E-state index is 1.13. The van der Waals surface area contributed by atoms with Crippen molar-refractivity contribution in [2.75, 3.05) is 0 Å². The summed E-state index contributed by atoms with van der Waals surface area (Å²) in [5.41, 5.74) is 2.82. The van der Waals surface area contributed by atoms with E-state index in [0.29, 0.717) is 0 Å². The summed E-state index contributed by atoms with van der Waals surface area (Å²) in [5, 5.41) is 7.91. The lowest BCUT2D eigenvalue weighted by atomic mass is 10.0. The van der Waals surface area contributed by atoms with Gasteiger partial charge in [-0.25, -0.2) is 0 Å². The van der Waals surface area contributed by atoms with Gasteiger partial charge in [0.15, 0.2) is 0 Å². The standard InChI is InChI=1S/C15H10S/c1-2-10-4-6-14-13(12(10)3-1)7-5-11-8-16-9-15(11)14/h1-7,9H,8H2. The van der Waals surface area contributed by atoms with E-state index in [4.69, 9.17) is 0 Å².